The number of ketones is 1. The van der Waals surface area contributed by atoms with Gasteiger partial charge in [-0.15, -0.1) is 0 Å². The van der Waals surface area contributed by atoms with Gasteiger partial charge in [0.2, 0.25) is 0 Å². The summed E-state index contributed by atoms with van der Waals surface area (Å²) in [5.74, 6) is -1.15. The molecule has 0 saturated heterocycles. The Morgan fingerprint density at radius 3 is 2.44 bits per heavy atom. The first-order valence-electron chi connectivity index (χ1n) is 5.93. The number of likely N-dealkylation sites (N-methyl/N-ethyl adjacent to an activating group) is 1. The van der Waals surface area contributed by atoms with E-state index in [1.807, 2.05) is 6.08 Å². The maximum Gasteiger partial charge on any atom is 0.323 e. The van der Waals surface area contributed by atoms with E-state index in [1.54, 1.807) is 0 Å². The van der Waals surface area contributed by atoms with Gasteiger partial charge < -0.3 is 15.2 Å². The third kappa shape index (κ3) is 8.90. The highest BCUT2D eigenvalue weighted by atomic mass is 16.5. The first kappa shape index (κ1) is 16.8. The molecule has 0 fully saturated rings. The SMILES string of the molecule is CN[C@@H](COCC(=O)/C=C/CC(C)(C)C)C(=O)O. The highest BCUT2D eigenvalue weighted by Crippen LogP contribution is 2.18. The maximum absolute atomic E-state index is 11.4. The van der Waals surface area contributed by atoms with Crippen LogP contribution in [0.5, 0.6) is 0 Å². The predicted molar refractivity (Wildman–Crippen MR) is 69.5 cm³/mol. The van der Waals surface area contributed by atoms with Crippen molar-refractivity contribution in [2.45, 2.75) is 33.2 Å². The van der Waals surface area contributed by atoms with E-state index in [-0.39, 0.29) is 24.4 Å². The largest absolute Gasteiger partial charge is 0.480 e. The predicted octanol–water partition coefficient (Wildman–Crippen LogP) is 1.24. The molecule has 0 aliphatic carbocycles. The normalized spacial score (nSPS) is 13.8. The van der Waals surface area contributed by atoms with Crippen molar-refractivity contribution in [1.29, 1.82) is 0 Å². The molecular weight excluding hydrogens is 234 g/mol. The number of ether oxygens (including phenoxy) is 1. The van der Waals surface area contributed by atoms with Gasteiger partial charge in [0.1, 0.15) is 12.6 Å². The van der Waals surface area contributed by atoms with E-state index in [0.29, 0.717) is 0 Å². The van der Waals surface area contributed by atoms with E-state index >= 15 is 0 Å². The number of hydrogen-bond donors (Lipinski definition) is 2. The van der Waals surface area contributed by atoms with Crippen molar-refractivity contribution in [2.75, 3.05) is 20.3 Å². The monoisotopic (exact) mass is 257 g/mol. The molecule has 0 saturated carbocycles. The number of carboxylic acid groups (broad SMARTS) is 1. The lowest BCUT2D eigenvalue weighted by molar-refractivity contribution is -0.141. The van der Waals surface area contributed by atoms with E-state index in [1.165, 1.54) is 13.1 Å². The van der Waals surface area contributed by atoms with Gasteiger partial charge in [0, 0.05) is 0 Å². The third-order valence-electron chi connectivity index (χ3n) is 2.21. The van der Waals surface area contributed by atoms with Crippen LogP contribution in [0.1, 0.15) is 27.2 Å². The zero-order chi connectivity index (χ0) is 14.2. The van der Waals surface area contributed by atoms with Crippen LogP contribution in [0.4, 0.5) is 0 Å². The van der Waals surface area contributed by atoms with Gasteiger partial charge in [-0.1, -0.05) is 26.8 Å². The van der Waals surface area contributed by atoms with Crippen LogP contribution in [-0.2, 0) is 14.3 Å². The fraction of sp³-hybridized carbons (Fsp3) is 0.692. The molecule has 0 aliphatic heterocycles. The molecule has 104 valence electrons. The summed E-state index contributed by atoms with van der Waals surface area (Å²) in [6.07, 6.45) is 4.12. The number of nitrogens with one attached hydrogen (secondary N) is 1. The van der Waals surface area contributed by atoms with E-state index in [2.05, 4.69) is 26.1 Å². The van der Waals surface area contributed by atoms with E-state index in [0.717, 1.165) is 6.42 Å². The van der Waals surface area contributed by atoms with Crippen LogP contribution in [0.15, 0.2) is 12.2 Å². The van der Waals surface area contributed by atoms with Gasteiger partial charge in [-0.2, -0.15) is 0 Å². The molecule has 0 spiro atoms. The summed E-state index contributed by atoms with van der Waals surface area (Å²) in [6, 6.07) is -0.781. The standard InChI is InChI=1S/C13H23NO4/c1-13(2,3)7-5-6-10(15)8-18-9-11(14-4)12(16)17/h5-6,11,14H,7-9H2,1-4H3,(H,16,17)/b6-5+/t11-/m0/s1. The van der Waals surface area contributed by atoms with Crippen molar-refractivity contribution in [3.63, 3.8) is 0 Å². The Morgan fingerprint density at radius 2 is 2.00 bits per heavy atom. The summed E-state index contributed by atoms with van der Waals surface area (Å²) in [7, 11) is 1.53. The molecule has 0 amide bonds. The molecule has 18 heavy (non-hydrogen) atoms. The quantitative estimate of drug-likeness (QED) is 0.640. The fourth-order valence-electron chi connectivity index (χ4n) is 1.15. The third-order valence-corrected chi connectivity index (χ3v) is 2.21. The molecule has 0 aromatic heterocycles. The van der Waals surface area contributed by atoms with Crippen LogP contribution >= 0.6 is 0 Å². The molecule has 0 bridgehead atoms. The van der Waals surface area contributed by atoms with Gasteiger partial charge >= 0.3 is 5.97 Å². The molecular formula is C13H23NO4. The number of carboxylic acids is 1. The molecule has 5 nitrogen and oxygen atoms in total. The van der Waals surface area contributed by atoms with Crippen molar-refractivity contribution in [2.24, 2.45) is 5.41 Å². The number of aliphatic carboxylic acids is 1. The van der Waals surface area contributed by atoms with Crippen LogP contribution in [0.25, 0.3) is 0 Å². The first-order chi connectivity index (χ1) is 8.26. The summed E-state index contributed by atoms with van der Waals surface area (Å²) in [6.45, 7) is 6.14. The topological polar surface area (TPSA) is 75.6 Å². The van der Waals surface area contributed by atoms with Crippen LogP contribution in [-0.4, -0.2) is 43.2 Å². The van der Waals surface area contributed by atoms with Gasteiger partial charge in [-0.3, -0.25) is 9.59 Å². The van der Waals surface area contributed by atoms with Crippen molar-refractivity contribution in [1.82, 2.24) is 5.32 Å². The van der Waals surface area contributed by atoms with Gasteiger partial charge in [-0.25, -0.2) is 0 Å². The smallest absolute Gasteiger partial charge is 0.323 e. The Morgan fingerprint density at radius 1 is 1.39 bits per heavy atom. The Hall–Kier alpha value is -1.20. The summed E-state index contributed by atoms with van der Waals surface area (Å²) >= 11 is 0. The molecule has 0 rings (SSSR count). The lowest BCUT2D eigenvalue weighted by atomic mass is 9.92. The Balaban J connectivity index is 3.87. The molecule has 0 radical (unpaired) electrons. The molecule has 0 heterocycles. The van der Waals surface area contributed by atoms with Gasteiger partial charge in [0.05, 0.1) is 6.61 Å². The highest BCUT2D eigenvalue weighted by Gasteiger charge is 2.15. The zero-order valence-corrected chi connectivity index (χ0v) is 11.5. The molecule has 2 N–H and O–H groups in total. The van der Waals surface area contributed by atoms with Crippen molar-refractivity contribution >= 4 is 11.8 Å². The van der Waals surface area contributed by atoms with Crippen molar-refractivity contribution in [3.8, 4) is 0 Å². The maximum atomic E-state index is 11.4. The highest BCUT2D eigenvalue weighted by molar-refractivity contribution is 5.90. The molecule has 1 atom stereocenters. The van der Waals surface area contributed by atoms with E-state index < -0.39 is 12.0 Å². The summed E-state index contributed by atoms with van der Waals surface area (Å²) in [4.78, 5) is 22.0. The zero-order valence-electron chi connectivity index (χ0n) is 11.5. The molecule has 0 unspecified atom stereocenters. The van der Waals surface area contributed by atoms with Crippen LogP contribution in [0.2, 0.25) is 0 Å². The number of carbonyl (C=O) groups is 2. The van der Waals surface area contributed by atoms with Gasteiger partial charge in [0.15, 0.2) is 5.78 Å². The second kappa shape index (κ2) is 8.00. The summed E-state index contributed by atoms with van der Waals surface area (Å²) in [5, 5.41) is 11.3. The van der Waals surface area contributed by atoms with Gasteiger partial charge in [-0.05, 0) is 25.0 Å². The number of carbonyl (C=O) groups excluding carboxylic acids is 1. The Bertz CT molecular complexity index is 305. The minimum absolute atomic E-state index is 0.0231. The second-order valence-electron chi connectivity index (χ2n) is 5.33. The molecule has 0 aliphatic rings. The van der Waals surface area contributed by atoms with E-state index in [9.17, 15) is 9.59 Å². The first-order valence-corrected chi connectivity index (χ1v) is 5.93. The number of hydrogen-bond acceptors (Lipinski definition) is 4. The number of allylic oxidation sites excluding steroid dienone is 1. The summed E-state index contributed by atoms with van der Waals surface area (Å²) < 4.78 is 5.05. The van der Waals surface area contributed by atoms with Crippen molar-refractivity contribution < 1.29 is 19.4 Å². The Labute approximate surface area is 108 Å². The van der Waals surface area contributed by atoms with Gasteiger partial charge in [0.25, 0.3) is 0 Å². The van der Waals surface area contributed by atoms with Crippen LogP contribution in [0, 0.1) is 5.41 Å². The lowest BCUT2D eigenvalue weighted by Gasteiger charge is -2.14. The lowest BCUT2D eigenvalue weighted by Crippen LogP contribution is -2.38. The molecule has 5 heteroatoms. The second-order valence-corrected chi connectivity index (χ2v) is 5.33. The average molecular weight is 257 g/mol. The minimum atomic E-state index is -0.992. The van der Waals surface area contributed by atoms with E-state index in [4.69, 9.17) is 9.84 Å². The molecule has 0 aromatic rings. The fourth-order valence-corrected chi connectivity index (χ4v) is 1.15. The molecule has 0 aromatic carbocycles. The minimum Gasteiger partial charge on any atom is -0.480 e. The Kier molecular flexibility index (Phi) is 7.47. The van der Waals surface area contributed by atoms with Crippen molar-refractivity contribution in [3.05, 3.63) is 12.2 Å². The average Bonchev–Trinajstić information content (AvgIpc) is 2.22. The van der Waals surface area contributed by atoms with Crippen LogP contribution in [0.3, 0.4) is 0 Å². The summed E-state index contributed by atoms with van der Waals surface area (Å²) in [5.41, 5.74) is 0.151. The van der Waals surface area contributed by atoms with Crippen LogP contribution < -0.4 is 5.32 Å². The number of rotatable bonds is 8.